The molecule has 1 amide bonds. The molecule has 1 aliphatic rings. The molecule has 0 radical (unpaired) electrons. The van der Waals surface area contributed by atoms with Crippen LogP contribution in [0.25, 0.3) is 0 Å². The number of sulfonamides is 1. The smallest absolute Gasteiger partial charge is 0.253 e. The van der Waals surface area contributed by atoms with E-state index in [4.69, 9.17) is 0 Å². The van der Waals surface area contributed by atoms with E-state index in [0.717, 1.165) is 38.9 Å². The number of piperidine rings is 1. The fourth-order valence-corrected chi connectivity index (χ4v) is 3.58. The number of carbonyl (C=O) groups excluding carboxylic acids is 1. The lowest BCUT2D eigenvalue weighted by molar-refractivity contribution is 0.0687. The van der Waals surface area contributed by atoms with E-state index >= 15 is 0 Å². The van der Waals surface area contributed by atoms with Crippen molar-refractivity contribution in [1.82, 2.24) is 14.9 Å². The van der Waals surface area contributed by atoms with Gasteiger partial charge in [0.15, 0.2) is 0 Å². The minimum absolute atomic E-state index is 0. The molecule has 1 aliphatic heterocycles. The van der Waals surface area contributed by atoms with E-state index in [1.807, 2.05) is 11.9 Å². The fraction of sp³-hybridized carbons (Fsp3) is 0.562. The Kier molecular flexibility index (Phi) is 8.15. The molecule has 1 heterocycles. The van der Waals surface area contributed by atoms with Crippen molar-refractivity contribution in [3.63, 3.8) is 0 Å². The summed E-state index contributed by atoms with van der Waals surface area (Å²) in [6, 6.07) is 6.11. The van der Waals surface area contributed by atoms with Crippen molar-refractivity contribution >= 4 is 28.3 Å². The maximum Gasteiger partial charge on any atom is 0.253 e. The summed E-state index contributed by atoms with van der Waals surface area (Å²) < 4.78 is 25.7. The number of nitrogens with one attached hydrogen (secondary N) is 2. The molecule has 0 spiro atoms. The number of rotatable bonds is 6. The number of hydrogen-bond donors (Lipinski definition) is 2. The van der Waals surface area contributed by atoms with E-state index < -0.39 is 10.0 Å². The maximum absolute atomic E-state index is 12.5. The molecule has 24 heavy (non-hydrogen) atoms. The van der Waals surface area contributed by atoms with Crippen LogP contribution in [-0.4, -0.2) is 53.0 Å². The summed E-state index contributed by atoms with van der Waals surface area (Å²) in [5, 5.41) is 3.16. The monoisotopic (exact) mass is 375 g/mol. The zero-order valence-electron chi connectivity index (χ0n) is 14.1. The Bertz CT molecular complexity index is 626. The van der Waals surface area contributed by atoms with Crippen LogP contribution in [-0.2, 0) is 10.0 Å². The van der Waals surface area contributed by atoms with Gasteiger partial charge in [0.05, 0.1) is 4.90 Å². The van der Waals surface area contributed by atoms with Crippen molar-refractivity contribution in [2.45, 2.75) is 24.2 Å². The molecule has 1 aromatic rings. The Morgan fingerprint density at radius 3 is 2.25 bits per heavy atom. The average molecular weight is 376 g/mol. The molecule has 0 unspecified atom stereocenters. The van der Waals surface area contributed by atoms with E-state index in [9.17, 15) is 13.2 Å². The van der Waals surface area contributed by atoms with Crippen LogP contribution in [0.1, 0.15) is 29.6 Å². The van der Waals surface area contributed by atoms with Crippen LogP contribution >= 0.6 is 12.4 Å². The molecule has 2 rings (SSSR count). The van der Waals surface area contributed by atoms with Gasteiger partial charge >= 0.3 is 0 Å². The van der Waals surface area contributed by atoms with Gasteiger partial charge in [-0.15, -0.1) is 12.4 Å². The van der Waals surface area contributed by atoms with Crippen LogP contribution < -0.4 is 10.0 Å². The molecule has 0 bridgehead atoms. The van der Waals surface area contributed by atoms with Gasteiger partial charge in [-0.3, -0.25) is 4.79 Å². The zero-order chi connectivity index (χ0) is 16.9. The third-order valence-corrected chi connectivity index (χ3v) is 5.81. The highest BCUT2D eigenvalue weighted by atomic mass is 35.5. The van der Waals surface area contributed by atoms with Gasteiger partial charge in [0, 0.05) is 18.7 Å². The summed E-state index contributed by atoms with van der Waals surface area (Å²) in [5.74, 6) is 0.653. The predicted molar refractivity (Wildman–Crippen MR) is 97.1 cm³/mol. The SMILES string of the molecule is CNCCC1CCN(C(=O)c2ccc(S(=O)(=O)NC)cc2)CC1.Cl. The van der Waals surface area contributed by atoms with Crippen LogP contribution in [0.3, 0.4) is 0 Å². The number of nitrogens with zero attached hydrogens (tertiary/aromatic N) is 1. The van der Waals surface area contributed by atoms with Crippen molar-refractivity contribution in [3.8, 4) is 0 Å². The quantitative estimate of drug-likeness (QED) is 0.789. The molecule has 0 saturated carbocycles. The molecule has 136 valence electrons. The summed E-state index contributed by atoms with van der Waals surface area (Å²) in [6.07, 6.45) is 3.20. The van der Waals surface area contributed by atoms with Crippen molar-refractivity contribution in [1.29, 1.82) is 0 Å². The van der Waals surface area contributed by atoms with Crippen LogP contribution in [0.4, 0.5) is 0 Å². The van der Waals surface area contributed by atoms with Crippen molar-refractivity contribution in [2.75, 3.05) is 33.7 Å². The first-order chi connectivity index (χ1) is 11.0. The van der Waals surface area contributed by atoms with E-state index in [0.29, 0.717) is 11.5 Å². The zero-order valence-corrected chi connectivity index (χ0v) is 15.8. The van der Waals surface area contributed by atoms with Crippen molar-refractivity contribution < 1.29 is 13.2 Å². The van der Waals surface area contributed by atoms with Crippen LogP contribution in [0.15, 0.2) is 29.2 Å². The summed E-state index contributed by atoms with van der Waals surface area (Å²) in [5.41, 5.74) is 0.536. The number of likely N-dealkylation sites (tertiary alicyclic amines) is 1. The highest BCUT2D eigenvalue weighted by Crippen LogP contribution is 2.22. The van der Waals surface area contributed by atoms with Gasteiger partial charge in [0.25, 0.3) is 5.91 Å². The minimum atomic E-state index is -3.46. The Balaban J connectivity index is 0.00000288. The average Bonchev–Trinajstić information content (AvgIpc) is 2.60. The molecular formula is C16H26ClN3O3S. The van der Waals surface area contributed by atoms with Crippen LogP contribution in [0.2, 0.25) is 0 Å². The number of halogens is 1. The molecule has 1 saturated heterocycles. The molecule has 1 fully saturated rings. The number of carbonyl (C=O) groups is 1. The van der Waals surface area contributed by atoms with Gasteiger partial charge in [-0.2, -0.15) is 0 Å². The molecule has 8 heteroatoms. The first-order valence-electron chi connectivity index (χ1n) is 7.95. The highest BCUT2D eigenvalue weighted by Gasteiger charge is 2.23. The first-order valence-corrected chi connectivity index (χ1v) is 9.43. The van der Waals surface area contributed by atoms with Crippen LogP contribution in [0, 0.1) is 5.92 Å². The lowest BCUT2D eigenvalue weighted by atomic mass is 9.93. The fourth-order valence-electron chi connectivity index (χ4n) is 2.85. The van der Waals surface area contributed by atoms with E-state index in [-0.39, 0.29) is 23.2 Å². The topological polar surface area (TPSA) is 78.5 Å². The van der Waals surface area contributed by atoms with Gasteiger partial charge in [-0.25, -0.2) is 13.1 Å². The largest absolute Gasteiger partial charge is 0.339 e. The Morgan fingerprint density at radius 2 is 1.75 bits per heavy atom. The normalized spacial score (nSPS) is 15.8. The van der Waals surface area contributed by atoms with Gasteiger partial charge in [0.1, 0.15) is 0 Å². The third-order valence-electron chi connectivity index (χ3n) is 4.38. The summed E-state index contributed by atoms with van der Waals surface area (Å²) in [7, 11) is -0.140. The maximum atomic E-state index is 12.5. The van der Waals surface area contributed by atoms with Gasteiger partial charge in [0.2, 0.25) is 10.0 Å². The Morgan fingerprint density at radius 1 is 1.17 bits per heavy atom. The second kappa shape index (κ2) is 9.36. The second-order valence-corrected chi connectivity index (χ2v) is 7.75. The minimum Gasteiger partial charge on any atom is -0.339 e. The third kappa shape index (κ3) is 5.17. The molecule has 2 N–H and O–H groups in total. The number of benzene rings is 1. The van der Waals surface area contributed by atoms with Crippen molar-refractivity contribution in [3.05, 3.63) is 29.8 Å². The number of hydrogen-bond acceptors (Lipinski definition) is 4. The van der Waals surface area contributed by atoms with E-state index in [1.54, 1.807) is 12.1 Å². The predicted octanol–water partition coefficient (Wildman–Crippen LogP) is 1.48. The summed E-state index contributed by atoms with van der Waals surface area (Å²) in [6.45, 7) is 2.55. The number of amides is 1. The standard InChI is InChI=1S/C16H25N3O3S.ClH/c1-17-10-7-13-8-11-19(12-9-13)16(20)14-3-5-15(6-4-14)23(21,22)18-2;/h3-6,13,17-18H,7-12H2,1-2H3;1H. The Labute approximate surface area is 150 Å². The molecule has 0 aliphatic carbocycles. The lowest BCUT2D eigenvalue weighted by Crippen LogP contribution is -2.39. The summed E-state index contributed by atoms with van der Waals surface area (Å²) in [4.78, 5) is 14.5. The molecular weight excluding hydrogens is 350 g/mol. The Hall–Kier alpha value is -1.15. The lowest BCUT2D eigenvalue weighted by Gasteiger charge is -2.32. The van der Waals surface area contributed by atoms with Gasteiger partial charge in [-0.1, -0.05) is 0 Å². The van der Waals surface area contributed by atoms with E-state index in [2.05, 4.69) is 10.0 Å². The molecule has 1 aromatic carbocycles. The van der Waals surface area contributed by atoms with Crippen molar-refractivity contribution in [2.24, 2.45) is 5.92 Å². The second-order valence-electron chi connectivity index (χ2n) is 5.86. The molecule has 0 atom stereocenters. The molecule has 6 nitrogen and oxygen atoms in total. The first kappa shape index (κ1) is 20.9. The summed E-state index contributed by atoms with van der Waals surface area (Å²) >= 11 is 0. The van der Waals surface area contributed by atoms with Crippen LogP contribution in [0.5, 0.6) is 0 Å². The highest BCUT2D eigenvalue weighted by molar-refractivity contribution is 7.89. The van der Waals surface area contributed by atoms with Gasteiger partial charge < -0.3 is 10.2 Å². The van der Waals surface area contributed by atoms with E-state index in [1.165, 1.54) is 19.2 Å². The van der Waals surface area contributed by atoms with Gasteiger partial charge in [-0.05, 0) is 70.1 Å². The molecule has 0 aromatic heterocycles.